The molecule has 0 saturated heterocycles. The monoisotopic (exact) mass is 359 g/mol. The summed E-state index contributed by atoms with van der Waals surface area (Å²) in [6, 6.07) is 13.9. The molecule has 2 aromatic rings. The zero-order chi connectivity index (χ0) is 18.0. The van der Waals surface area contributed by atoms with Crippen LogP contribution in [-0.2, 0) is 16.4 Å². The highest BCUT2D eigenvalue weighted by atomic mass is 32.2. The number of sulfone groups is 1. The van der Waals surface area contributed by atoms with E-state index in [1.807, 2.05) is 24.3 Å². The molecule has 0 radical (unpaired) electrons. The number of benzene rings is 2. The van der Waals surface area contributed by atoms with E-state index in [1.54, 1.807) is 18.2 Å². The third-order valence-corrected chi connectivity index (χ3v) is 5.75. The van der Waals surface area contributed by atoms with Crippen molar-refractivity contribution >= 4 is 20.8 Å². The first-order chi connectivity index (χ1) is 11.9. The predicted octanol–water partition coefficient (Wildman–Crippen LogP) is 4.03. The van der Waals surface area contributed by atoms with E-state index in [2.05, 4.69) is 13.8 Å². The first kappa shape index (κ1) is 17.5. The average Bonchev–Trinajstić information content (AvgIpc) is 2.77. The lowest BCUT2D eigenvalue weighted by Crippen LogP contribution is -2.28. The Morgan fingerprint density at radius 2 is 1.72 bits per heavy atom. The van der Waals surface area contributed by atoms with Crippen molar-refractivity contribution in [2.75, 3.05) is 11.5 Å². The first-order valence-electron chi connectivity index (χ1n) is 8.27. The van der Waals surface area contributed by atoms with Gasteiger partial charge in [-0.2, -0.15) is 0 Å². The molecule has 0 spiro atoms. The van der Waals surface area contributed by atoms with Crippen molar-refractivity contribution in [2.45, 2.75) is 31.7 Å². The van der Waals surface area contributed by atoms with E-state index in [4.69, 9.17) is 4.74 Å². The van der Waals surface area contributed by atoms with Crippen molar-refractivity contribution in [3.05, 3.63) is 54.1 Å². The van der Waals surface area contributed by atoms with Crippen LogP contribution in [0.3, 0.4) is 0 Å². The van der Waals surface area contributed by atoms with E-state index < -0.39 is 15.1 Å². The molecule has 0 saturated carbocycles. The summed E-state index contributed by atoms with van der Waals surface area (Å²) >= 11 is 0. The number of carbonyl (C=O) groups excluding carboxylic acids is 1. The Kier molecular flexibility index (Phi) is 4.81. The van der Waals surface area contributed by atoms with E-state index in [-0.39, 0.29) is 11.4 Å². The van der Waals surface area contributed by atoms with Gasteiger partial charge in [0.2, 0.25) is 0 Å². The van der Waals surface area contributed by atoms with Crippen LogP contribution < -0.4 is 9.64 Å². The van der Waals surface area contributed by atoms with Crippen LogP contribution in [0.2, 0.25) is 0 Å². The van der Waals surface area contributed by atoms with Crippen LogP contribution in [0, 0.1) is 5.92 Å². The Balaban J connectivity index is 1.87. The Morgan fingerprint density at radius 1 is 1.04 bits per heavy atom. The molecule has 132 valence electrons. The Labute approximate surface area is 148 Å². The van der Waals surface area contributed by atoms with Gasteiger partial charge in [-0.1, -0.05) is 44.2 Å². The minimum absolute atomic E-state index is 0.0678. The molecular weight excluding hydrogens is 338 g/mol. The summed E-state index contributed by atoms with van der Waals surface area (Å²) < 4.78 is 30.4. The summed E-state index contributed by atoms with van der Waals surface area (Å²) in [6.45, 7) is 4.99. The maximum Gasteiger partial charge on any atom is 0.348 e. The highest BCUT2D eigenvalue weighted by Crippen LogP contribution is 2.37. The third-order valence-electron chi connectivity index (χ3n) is 4.15. The topological polar surface area (TPSA) is 63.7 Å². The molecule has 25 heavy (non-hydrogen) atoms. The molecule has 0 unspecified atom stereocenters. The van der Waals surface area contributed by atoms with Gasteiger partial charge in [0.25, 0.3) is 9.84 Å². The standard InChI is InChI=1S/C19H21NO4S/c1-14(2)11-12-24-17-9-5-3-7-15(17)13-20-16-8-4-6-10-18(16)25(22,23)19(20)21/h3-10,14H,11-13H2,1-2H3. The number of nitrogens with zero attached hydrogens (tertiary/aromatic N) is 1. The van der Waals surface area contributed by atoms with Gasteiger partial charge in [0.15, 0.2) is 0 Å². The SMILES string of the molecule is CC(C)CCOc1ccccc1CN1C(=O)S(=O)(=O)c2ccccc21. The highest BCUT2D eigenvalue weighted by molar-refractivity contribution is 8.07. The number of hydrogen-bond donors (Lipinski definition) is 0. The quantitative estimate of drug-likeness (QED) is 0.781. The number of anilines is 1. The van der Waals surface area contributed by atoms with Gasteiger partial charge in [0.05, 0.1) is 18.8 Å². The van der Waals surface area contributed by atoms with Crippen LogP contribution in [0.1, 0.15) is 25.8 Å². The Morgan fingerprint density at radius 3 is 2.48 bits per heavy atom. The first-order valence-corrected chi connectivity index (χ1v) is 9.76. The Hall–Kier alpha value is -2.34. The third kappa shape index (κ3) is 3.39. The fourth-order valence-electron chi connectivity index (χ4n) is 2.74. The summed E-state index contributed by atoms with van der Waals surface area (Å²) in [6.07, 6.45) is 0.925. The molecule has 1 heterocycles. The molecule has 1 amide bonds. The zero-order valence-corrected chi connectivity index (χ0v) is 15.1. The van der Waals surface area contributed by atoms with E-state index in [9.17, 15) is 13.2 Å². The van der Waals surface area contributed by atoms with E-state index in [0.29, 0.717) is 24.0 Å². The van der Waals surface area contributed by atoms with Crippen molar-refractivity contribution in [1.82, 2.24) is 0 Å². The number of ether oxygens (including phenoxy) is 1. The van der Waals surface area contributed by atoms with Gasteiger partial charge in [-0.15, -0.1) is 0 Å². The van der Waals surface area contributed by atoms with Crippen LogP contribution in [0.4, 0.5) is 10.5 Å². The second-order valence-corrected chi connectivity index (χ2v) is 8.26. The summed E-state index contributed by atoms with van der Waals surface area (Å²) in [7, 11) is -3.95. The van der Waals surface area contributed by atoms with E-state index in [0.717, 1.165) is 12.0 Å². The van der Waals surface area contributed by atoms with Crippen LogP contribution in [0.25, 0.3) is 0 Å². The number of fused-ring (bicyclic) bond motifs is 1. The largest absolute Gasteiger partial charge is 0.493 e. The number of hydrogen-bond acceptors (Lipinski definition) is 4. The van der Waals surface area contributed by atoms with Crippen LogP contribution in [0.15, 0.2) is 53.4 Å². The van der Waals surface area contributed by atoms with Gasteiger partial charge in [0, 0.05) is 5.56 Å². The van der Waals surface area contributed by atoms with Gasteiger partial charge < -0.3 is 4.74 Å². The number of carbonyl (C=O) groups is 1. The lowest BCUT2D eigenvalue weighted by molar-refractivity contribution is 0.263. The van der Waals surface area contributed by atoms with Crippen molar-refractivity contribution < 1.29 is 17.9 Å². The van der Waals surface area contributed by atoms with Gasteiger partial charge in [0.1, 0.15) is 10.6 Å². The minimum Gasteiger partial charge on any atom is -0.493 e. The molecule has 0 N–H and O–H groups in total. The Bertz CT molecular complexity index is 890. The molecule has 0 aliphatic carbocycles. The number of amides is 1. The van der Waals surface area contributed by atoms with Gasteiger partial charge in [-0.05, 0) is 30.5 Å². The molecular formula is C19H21NO4S. The summed E-state index contributed by atoms with van der Waals surface area (Å²) in [5.41, 5.74) is 1.20. The maximum atomic E-state index is 12.4. The van der Waals surface area contributed by atoms with Crippen LogP contribution in [-0.4, -0.2) is 20.3 Å². The summed E-state index contributed by atoms with van der Waals surface area (Å²) in [4.78, 5) is 13.8. The maximum absolute atomic E-state index is 12.4. The minimum atomic E-state index is -3.95. The van der Waals surface area contributed by atoms with E-state index >= 15 is 0 Å². The molecule has 0 fully saturated rings. The molecule has 0 aromatic heterocycles. The molecule has 2 aromatic carbocycles. The molecule has 6 heteroatoms. The van der Waals surface area contributed by atoms with Gasteiger partial charge in [-0.25, -0.2) is 8.42 Å². The summed E-state index contributed by atoms with van der Waals surface area (Å²) in [5.74, 6) is 1.21. The lowest BCUT2D eigenvalue weighted by atomic mass is 10.1. The number of rotatable bonds is 6. The molecule has 1 aliphatic rings. The zero-order valence-electron chi connectivity index (χ0n) is 14.3. The molecule has 0 atom stereocenters. The van der Waals surface area contributed by atoms with E-state index in [1.165, 1.54) is 11.0 Å². The highest BCUT2D eigenvalue weighted by Gasteiger charge is 2.41. The van der Waals surface area contributed by atoms with Crippen molar-refractivity contribution in [3.8, 4) is 5.75 Å². The fraction of sp³-hybridized carbons (Fsp3) is 0.316. The van der Waals surface area contributed by atoms with Crippen LogP contribution >= 0.6 is 0 Å². The second kappa shape index (κ2) is 6.88. The second-order valence-electron chi connectivity index (χ2n) is 6.46. The molecule has 1 aliphatic heterocycles. The lowest BCUT2D eigenvalue weighted by Gasteiger charge is -2.18. The van der Waals surface area contributed by atoms with Crippen molar-refractivity contribution in [2.24, 2.45) is 5.92 Å². The molecule has 3 rings (SSSR count). The molecule has 0 bridgehead atoms. The smallest absolute Gasteiger partial charge is 0.348 e. The fourth-order valence-corrected chi connectivity index (χ4v) is 4.10. The average molecular weight is 359 g/mol. The van der Waals surface area contributed by atoms with Crippen molar-refractivity contribution in [1.29, 1.82) is 0 Å². The number of para-hydroxylation sites is 2. The van der Waals surface area contributed by atoms with Crippen molar-refractivity contribution in [3.63, 3.8) is 0 Å². The summed E-state index contributed by atoms with van der Waals surface area (Å²) in [5, 5.41) is -0.884. The normalized spacial score (nSPS) is 15.5. The van der Waals surface area contributed by atoms with Crippen LogP contribution in [0.5, 0.6) is 5.75 Å². The van der Waals surface area contributed by atoms with Gasteiger partial charge >= 0.3 is 5.24 Å². The van der Waals surface area contributed by atoms with Gasteiger partial charge in [-0.3, -0.25) is 9.69 Å². The molecule has 5 nitrogen and oxygen atoms in total. The predicted molar refractivity (Wildman–Crippen MR) is 96.6 cm³/mol.